The van der Waals surface area contributed by atoms with Crippen LogP contribution in [0.5, 0.6) is 0 Å². The molecule has 0 spiro atoms. The number of carbonyl (C=O) groups is 2. The van der Waals surface area contributed by atoms with Gasteiger partial charge < -0.3 is 10.1 Å². The van der Waals surface area contributed by atoms with Crippen LogP contribution in [0.2, 0.25) is 18.1 Å². The highest BCUT2D eigenvalue weighted by Gasteiger charge is 2.33. The molecule has 0 heterocycles. The summed E-state index contributed by atoms with van der Waals surface area (Å²) >= 11 is 0. The smallest absolute Gasteiger partial charge is 0.329 e. The summed E-state index contributed by atoms with van der Waals surface area (Å²) in [6.07, 6.45) is 0.290. The van der Waals surface area contributed by atoms with Crippen molar-refractivity contribution >= 4 is 20.0 Å². The fourth-order valence-corrected chi connectivity index (χ4v) is 2.06. The maximum absolute atomic E-state index is 11.5. The Kier molecular flexibility index (Phi) is 6.30. The van der Waals surface area contributed by atoms with Crippen molar-refractivity contribution in [2.75, 3.05) is 7.11 Å². The number of carbonyl (C=O) groups excluding carboxylic acids is 2. The van der Waals surface area contributed by atoms with Gasteiger partial charge in [-0.05, 0) is 5.04 Å². The van der Waals surface area contributed by atoms with Crippen LogP contribution in [0.4, 0.5) is 0 Å². The Hall–Kier alpha value is -1.28. The van der Waals surface area contributed by atoms with E-state index in [9.17, 15) is 9.59 Å². The molecule has 19 heavy (non-hydrogen) atoms. The zero-order valence-corrected chi connectivity index (χ0v) is 14.0. The molecule has 0 saturated carbocycles. The molecule has 0 aliphatic rings. The molecule has 5 heteroatoms. The normalized spacial score (nSPS) is 13.0. The zero-order valence-electron chi connectivity index (χ0n) is 13.0. The van der Waals surface area contributed by atoms with Crippen molar-refractivity contribution < 1.29 is 14.3 Å². The van der Waals surface area contributed by atoms with E-state index >= 15 is 0 Å². The van der Waals surface area contributed by atoms with Gasteiger partial charge in [0.25, 0.3) is 0 Å². The summed E-state index contributed by atoms with van der Waals surface area (Å²) in [4.78, 5) is 22.5. The van der Waals surface area contributed by atoms with Crippen LogP contribution in [0.3, 0.4) is 0 Å². The SMILES string of the molecule is COC(=O)[C@@H](CC#C[Si](C)(C)C(C)(C)C)NC(C)=O. The molecule has 0 aliphatic heterocycles. The van der Waals surface area contributed by atoms with Crippen LogP contribution in [0.15, 0.2) is 0 Å². The van der Waals surface area contributed by atoms with Crippen molar-refractivity contribution in [1.82, 2.24) is 5.32 Å². The molecule has 0 radical (unpaired) electrons. The van der Waals surface area contributed by atoms with Gasteiger partial charge in [-0.15, -0.1) is 11.5 Å². The van der Waals surface area contributed by atoms with Crippen LogP contribution in [0.1, 0.15) is 34.1 Å². The van der Waals surface area contributed by atoms with Gasteiger partial charge in [0.1, 0.15) is 14.1 Å². The Labute approximate surface area is 117 Å². The molecule has 1 atom stereocenters. The van der Waals surface area contributed by atoms with Crippen molar-refractivity contribution in [2.24, 2.45) is 0 Å². The van der Waals surface area contributed by atoms with Crippen LogP contribution in [-0.4, -0.2) is 33.1 Å². The third-order valence-electron chi connectivity index (χ3n) is 3.45. The Morgan fingerprint density at radius 1 is 1.32 bits per heavy atom. The Morgan fingerprint density at radius 2 is 1.84 bits per heavy atom. The highest BCUT2D eigenvalue weighted by molar-refractivity contribution is 6.87. The molecule has 0 aromatic heterocycles. The summed E-state index contributed by atoms with van der Waals surface area (Å²) < 4.78 is 4.65. The van der Waals surface area contributed by atoms with E-state index in [0.717, 1.165) is 0 Å². The number of ether oxygens (including phenoxy) is 1. The lowest BCUT2D eigenvalue weighted by molar-refractivity contribution is -0.144. The van der Waals surface area contributed by atoms with E-state index in [1.165, 1.54) is 14.0 Å². The fraction of sp³-hybridized carbons (Fsp3) is 0.714. The first-order valence-electron chi connectivity index (χ1n) is 6.36. The number of methoxy groups -OCH3 is 1. The van der Waals surface area contributed by atoms with Crippen molar-refractivity contribution in [2.45, 2.75) is 58.3 Å². The summed E-state index contributed by atoms with van der Waals surface area (Å²) in [5.74, 6) is 2.33. The average molecular weight is 283 g/mol. The second-order valence-corrected chi connectivity index (χ2v) is 11.2. The Balaban J connectivity index is 4.83. The zero-order chi connectivity index (χ0) is 15.3. The molecular formula is C14H25NO3Si. The molecule has 1 N–H and O–H groups in total. The highest BCUT2D eigenvalue weighted by Crippen LogP contribution is 2.35. The lowest BCUT2D eigenvalue weighted by Gasteiger charge is -2.31. The number of amides is 1. The predicted molar refractivity (Wildman–Crippen MR) is 79.2 cm³/mol. The quantitative estimate of drug-likeness (QED) is 0.490. The van der Waals surface area contributed by atoms with Crippen molar-refractivity contribution in [3.63, 3.8) is 0 Å². The lowest BCUT2D eigenvalue weighted by Crippen LogP contribution is -2.40. The van der Waals surface area contributed by atoms with Crippen molar-refractivity contribution in [3.05, 3.63) is 0 Å². The van der Waals surface area contributed by atoms with Gasteiger partial charge in [0, 0.05) is 13.3 Å². The topological polar surface area (TPSA) is 55.4 Å². The van der Waals surface area contributed by atoms with Gasteiger partial charge in [-0.25, -0.2) is 4.79 Å². The molecule has 0 aromatic carbocycles. The molecule has 0 aromatic rings. The van der Waals surface area contributed by atoms with E-state index in [2.05, 4.69) is 55.4 Å². The fourth-order valence-electron chi connectivity index (χ4n) is 1.14. The van der Waals surface area contributed by atoms with Crippen LogP contribution in [0, 0.1) is 11.5 Å². The minimum Gasteiger partial charge on any atom is -0.467 e. The average Bonchev–Trinajstić information content (AvgIpc) is 2.24. The van der Waals surface area contributed by atoms with Crippen LogP contribution >= 0.6 is 0 Å². The monoisotopic (exact) mass is 283 g/mol. The largest absolute Gasteiger partial charge is 0.467 e. The number of rotatable bonds is 3. The Bertz CT molecular complexity index is 399. The molecular weight excluding hydrogens is 258 g/mol. The van der Waals surface area contributed by atoms with Gasteiger partial charge in [0.15, 0.2) is 0 Å². The van der Waals surface area contributed by atoms with Gasteiger partial charge in [-0.3, -0.25) is 4.79 Å². The minimum atomic E-state index is -1.68. The second kappa shape index (κ2) is 6.76. The molecule has 0 rings (SSSR count). The van der Waals surface area contributed by atoms with E-state index in [-0.39, 0.29) is 10.9 Å². The summed E-state index contributed by atoms with van der Waals surface area (Å²) in [5, 5.41) is 2.73. The first-order chi connectivity index (χ1) is 8.51. The molecule has 4 nitrogen and oxygen atoms in total. The number of hydrogen-bond acceptors (Lipinski definition) is 3. The number of esters is 1. The summed E-state index contributed by atoms with van der Waals surface area (Å²) in [6.45, 7) is 12.3. The molecule has 0 aliphatic carbocycles. The number of hydrogen-bond donors (Lipinski definition) is 1. The van der Waals surface area contributed by atoms with E-state index in [0.29, 0.717) is 6.42 Å². The first-order valence-corrected chi connectivity index (χ1v) is 9.36. The van der Waals surface area contributed by atoms with Crippen LogP contribution < -0.4 is 5.32 Å². The maximum atomic E-state index is 11.5. The standard InChI is InChI=1S/C14H25NO3Si/c1-11(16)15-12(13(17)18-5)9-8-10-19(6,7)14(2,3)4/h12H,9H2,1-7H3,(H,15,16)/t12-/m1/s1. The molecule has 1 amide bonds. The molecule has 0 unspecified atom stereocenters. The second-order valence-electron chi connectivity index (χ2n) is 6.16. The molecule has 0 fully saturated rings. The van der Waals surface area contributed by atoms with Crippen LogP contribution in [0.25, 0.3) is 0 Å². The maximum Gasteiger partial charge on any atom is 0.329 e. The highest BCUT2D eigenvalue weighted by atomic mass is 28.3. The van der Waals surface area contributed by atoms with Gasteiger partial charge in [-0.2, -0.15) is 0 Å². The predicted octanol–water partition coefficient (Wildman–Crippen LogP) is 2.11. The summed E-state index contributed by atoms with van der Waals surface area (Å²) in [5.41, 5.74) is 3.31. The molecule has 0 saturated heterocycles. The van der Waals surface area contributed by atoms with Gasteiger partial charge in [0.2, 0.25) is 5.91 Å². The summed E-state index contributed by atoms with van der Waals surface area (Å²) in [7, 11) is -0.379. The number of nitrogens with one attached hydrogen (secondary N) is 1. The Morgan fingerprint density at radius 3 is 2.21 bits per heavy atom. The lowest BCUT2D eigenvalue weighted by atomic mass is 10.2. The van der Waals surface area contributed by atoms with Gasteiger partial charge in [0.05, 0.1) is 7.11 Å². The van der Waals surface area contributed by atoms with E-state index in [4.69, 9.17) is 0 Å². The van der Waals surface area contributed by atoms with Gasteiger partial charge in [-0.1, -0.05) is 33.9 Å². The van der Waals surface area contributed by atoms with E-state index < -0.39 is 20.1 Å². The third kappa shape index (κ3) is 5.93. The first kappa shape index (κ1) is 17.7. The molecule has 0 bridgehead atoms. The van der Waals surface area contributed by atoms with E-state index in [1.807, 2.05) is 0 Å². The van der Waals surface area contributed by atoms with Crippen molar-refractivity contribution in [1.29, 1.82) is 0 Å². The van der Waals surface area contributed by atoms with Gasteiger partial charge >= 0.3 is 5.97 Å². The molecule has 108 valence electrons. The van der Waals surface area contributed by atoms with Crippen LogP contribution in [-0.2, 0) is 14.3 Å². The minimum absolute atomic E-state index is 0.175. The third-order valence-corrected chi connectivity index (χ3v) is 8.00. The summed E-state index contributed by atoms with van der Waals surface area (Å²) in [6, 6.07) is -0.681. The van der Waals surface area contributed by atoms with Crippen molar-refractivity contribution in [3.8, 4) is 11.5 Å². The van der Waals surface area contributed by atoms with E-state index in [1.54, 1.807) is 0 Å².